The Kier molecular flexibility index (Phi) is 11.8. The fourth-order valence-electron chi connectivity index (χ4n) is 7.52. The first-order chi connectivity index (χ1) is 31.1. The maximum Gasteiger partial charge on any atom is 0.253 e. The quantitative estimate of drug-likeness (QED) is 0.0721. The number of benzene rings is 4. The van der Waals surface area contributed by atoms with Crippen molar-refractivity contribution in [2.24, 2.45) is 0 Å². The molecule has 0 atom stereocenters. The van der Waals surface area contributed by atoms with Gasteiger partial charge in [0, 0.05) is 49.0 Å². The summed E-state index contributed by atoms with van der Waals surface area (Å²) < 4.78 is 9.25. The predicted molar refractivity (Wildman–Crippen MR) is 248 cm³/mol. The number of anilines is 2. The number of halogens is 1. The van der Waals surface area contributed by atoms with E-state index in [9.17, 15) is 20.0 Å². The molecule has 10 rings (SSSR count). The van der Waals surface area contributed by atoms with Crippen molar-refractivity contribution >= 4 is 68.4 Å². The van der Waals surface area contributed by atoms with E-state index in [1.54, 1.807) is 31.5 Å². The van der Waals surface area contributed by atoms with Gasteiger partial charge < -0.3 is 31.1 Å². The third-order valence-corrected chi connectivity index (χ3v) is 11.7. The van der Waals surface area contributed by atoms with Crippen molar-refractivity contribution in [2.45, 2.75) is 51.6 Å². The normalized spacial score (nSPS) is 13.4. The summed E-state index contributed by atoms with van der Waals surface area (Å²) in [5.41, 5.74) is 12.1. The van der Waals surface area contributed by atoms with Crippen LogP contribution in [0.25, 0.3) is 55.9 Å². The van der Waals surface area contributed by atoms with Crippen LogP contribution < -0.4 is 21.3 Å². The highest BCUT2D eigenvalue weighted by Crippen LogP contribution is 2.33. The first-order valence-corrected chi connectivity index (χ1v) is 21.6. The Balaban J connectivity index is 0.000000162. The first-order valence-electron chi connectivity index (χ1n) is 21.2. The van der Waals surface area contributed by atoms with Crippen LogP contribution in [0.2, 0.25) is 5.02 Å². The number of aromatic nitrogens is 6. The Morgan fingerprint density at radius 3 is 1.98 bits per heavy atom. The number of amides is 2. The van der Waals surface area contributed by atoms with Crippen LogP contribution in [0.4, 0.5) is 11.6 Å². The lowest BCUT2D eigenvalue weighted by Crippen LogP contribution is -2.25. The Morgan fingerprint density at radius 2 is 1.36 bits per heavy atom. The van der Waals surface area contributed by atoms with Gasteiger partial charge in [0.25, 0.3) is 11.8 Å². The number of rotatable bonds is 13. The van der Waals surface area contributed by atoms with Crippen molar-refractivity contribution in [2.75, 3.05) is 44.0 Å². The van der Waals surface area contributed by atoms with E-state index < -0.39 is 0 Å². The van der Waals surface area contributed by atoms with Crippen LogP contribution in [0.5, 0.6) is 0 Å². The number of hydrogen-bond acceptors (Lipinski definition) is 11. The van der Waals surface area contributed by atoms with E-state index in [0.717, 1.165) is 70.4 Å². The monoisotopic (exact) mass is 875 g/mol. The van der Waals surface area contributed by atoms with Crippen molar-refractivity contribution in [3.8, 4) is 28.6 Å². The second-order valence-electron chi connectivity index (χ2n) is 16.1. The summed E-state index contributed by atoms with van der Waals surface area (Å²) in [6.07, 6.45) is 7.74. The van der Waals surface area contributed by atoms with Gasteiger partial charge in [-0.3, -0.25) is 18.4 Å². The van der Waals surface area contributed by atoms with E-state index in [4.69, 9.17) is 21.3 Å². The number of methoxy groups -OCH3 is 1. The van der Waals surface area contributed by atoms with Crippen molar-refractivity contribution in [3.63, 3.8) is 0 Å². The predicted octanol–water partition coefficient (Wildman–Crippen LogP) is 7.49. The van der Waals surface area contributed by atoms with E-state index in [2.05, 4.69) is 72.7 Å². The molecule has 4 aromatic carbocycles. The topological polar surface area (TPSA) is 196 Å². The maximum absolute atomic E-state index is 12.5. The lowest BCUT2D eigenvalue weighted by Gasteiger charge is -2.13. The molecule has 5 N–H and O–H groups in total. The van der Waals surface area contributed by atoms with Crippen LogP contribution in [0.3, 0.4) is 0 Å². The number of imidazole rings is 2. The van der Waals surface area contributed by atoms with Gasteiger partial charge in [0.15, 0.2) is 22.9 Å². The number of hydrogen-bond donors (Lipinski definition) is 5. The number of carbonyl (C=O) groups excluding carboxylic acids is 2. The van der Waals surface area contributed by atoms with Gasteiger partial charge in [-0.1, -0.05) is 29.8 Å². The second kappa shape index (κ2) is 17.9. The Morgan fingerprint density at radius 1 is 0.766 bits per heavy atom. The molecule has 0 unspecified atom stereocenters. The summed E-state index contributed by atoms with van der Waals surface area (Å²) in [6.45, 7) is 5.65. The van der Waals surface area contributed by atoms with E-state index in [0.29, 0.717) is 70.3 Å². The number of aryl methyl sites for hydroxylation is 2. The van der Waals surface area contributed by atoms with Gasteiger partial charge >= 0.3 is 0 Å². The molecule has 0 bridgehead atoms. The van der Waals surface area contributed by atoms with E-state index in [-0.39, 0.29) is 24.5 Å². The highest BCUT2D eigenvalue weighted by molar-refractivity contribution is 6.34. The number of ether oxygens (including phenoxy) is 1. The van der Waals surface area contributed by atoms with E-state index >= 15 is 0 Å². The second-order valence-corrected chi connectivity index (χ2v) is 16.5. The molecule has 2 fully saturated rings. The van der Waals surface area contributed by atoms with Crippen molar-refractivity contribution in [1.29, 1.82) is 5.26 Å². The average molecular weight is 876 g/mol. The third-order valence-electron chi connectivity index (χ3n) is 11.4. The zero-order chi connectivity index (χ0) is 44.5. The number of aliphatic hydroxyl groups is 1. The van der Waals surface area contributed by atoms with Crippen molar-refractivity contribution in [1.82, 2.24) is 39.4 Å². The molecule has 324 valence electrons. The number of nitrogens with one attached hydrogen (secondary N) is 4. The smallest absolute Gasteiger partial charge is 0.253 e. The number of nitrogens with zero attached hydrogens (tertiary/aromatic N) is 7. The number of fused-ring (bicyclic) bond motifs is 6. The number of aliphatic hydroxyl groups excluding tert-OH is 1. The Hall–Kier alpha value is -7.12. The lowest BCUT2D eigenvalue weighted by atomic mass is 10.1. The molecule has 2 aliphatic carbocycles. The van der Waals surface area contributed by atoms with Gasteiger partial charge in [-0.2, -0.15) is 5.26 Å². The fourth-order valence-corrected chi connectivity index (χ4v) is 7.79. The highest BCUT2D eigenvalue weighted by atomic mass is 35.5. The zero-order valence-electron chi connectivity index (χ0n) is 35.6. The molecule has 64 heavy (non-hydrogen) atoms. The average Bonchev–Trinajstić information content (AvgIpc) is 4.21. The molecular formula is C48H46ClN11O4. The van der Waals surface area contributed by atoms with Gasteiger partial charge in [0.2, 0.25) is 0 Å². The van der Waals surface area contributed by atoms with Gasteiger partial charge in [-0.05, 0) is 105 Å². The molecule has 2 saturated carbocycles. The van der Waals surface area contributed by atoms with Crippen molar-refractivity contribution < 1.29 is 19.4 Å². The summed E-state index contributed by atoms with van der Waals surface area (Å²) in [5, 5.41) is 31.3. The van der Waals surface area contributed by atoms with Crippen LogP contribution in [-0.4, -0.2) is 91.2 Å². The highest BCUT2D eigenvalue weighted by Gasteiger charge is 2.26. The molecule has 4 aromatic heterocycles. The molecular weight excluding hydrogens is 830 g/mol. The molecule has 2 amide bonds. The molecule has 15 nitrogen and oxygen atoms in total. The minimum atomic E-state index is -0.127. The standard InChI is InChI=1S/C25H26ClN5O2.C23H20N6O2/c1-14-10-20-21(11-15(14)2)31-22(13-28-24(31)23(30-20)27-8-9-33-3)16-4-7-18(19(26)12-16)25(32)29-17-5-6-17;24-12-14-1-8-19-18(11-14)28-21(25-9-10-30)22-26-13-20(29(19)22)15-2-4-16(5-3-15)23(31)27-17-6-7-17/h4,7,10-13,17H,5-6,8-9H2,1-3H3,(H,27,30)(H,29,32);1-5,8,11,13,17,30H,6-7,9-10H2,(H,25,28)(H,27,31). The first kappa shape index (κ1) is 42.2. The molecule has 0 spiro atoms. The summed E-state index contributed by atoms with van der Waals surface area (Å²) in [5.74, 6) is 1.04. The largest absolute Gasteiger partial charge is 0.395 e. The van der Waals surface area contributed by atoms with Gasteiger partial charge in [-0.15, -0.1) is 0 Å². The van der Waals surface area contributed by atoms with Crippen LogP contribution in [0.1, 0.15) is 63.1 Å². The minimum absolute atomic E-state index is 0.0396. The molecule has 2 aliphatic rings. The van der Waals surface area contributed by atoms with Gasteiger partial charge in [-0.25, -0.2) is 19.9 Å². The molecule has 0 aliphatic heterocycles. The summed E-state index contributed by atoms with van der Waals surface area (Å²) in [6, 6.07) is 25.3. The van der Waals surface area contributed by atoms with Gasteiger partial charge in [0.05, 0.1) is 81.3 Å². The van der Waals surface area contributed by atoms with Gasteiger partial charge in [0.1, 0.15) is 0 Å². The van der Waals surface area contributed by atoms with Crippen LogP contribution in [0.15, 0.2) is 85.2 Å². The van der Waals surface area contributed by atoms with Crippen LogP contribution in [0, 0.1) is 25.2 Å². The minimum Gasteiger partial charge on any atom is -0.395 e. The summed E-state index contributed by atoms with van der Waals surface area (Å²) in [7, 11) is 1.67. The van der Waals surface area contributed by atoms with E-state index in [1.165, 1.54) is 11.1 Å². The SMILES string of the molecule is COCCNc1nc2cc(C)c(C)cc2n2c(-c3ccc(C(=O)NC4CC4)c(Cl)c3)cnc12.N#Cc1ccc2c(c1)nc(NCCO)c1ncc(-c3ccc(C(=O)NC4CC4)cc3)n12. The maximum atomic E-state index is 12.5. The van der Waals surface area contributed by atoms with E-state index in [1.807, 2.05) is 53.1 Å². The Labute approximate surface area is 373 Å². The molecule has 0 saturated heterocycles. The van der Waals surface area contributed by atoms with Crippen LogP contribution >= 0.6 is 11.6 Å². The molecule has 0 radical (unpaired) electrons. The summed E-state index contributed by atoms with van der Waals surface area (Å²) >= 11 is 6.55. The zero-order valence-corrected chi connectivity index (χ0v) is 36.3. The third kappa shape index (κ3) is 8.63. The molecule has 16 heteroatoms. The van der Waals surface area contributed by atoms with Crippen LogP contribution in [-0.2, 0) is 4.74 Å². The fraction of sp³-hybridized carbons (Fsp3) is 0.271. The summed E-state index contributed by atoms with van der Waals surface area (Å²) in [4.78, 5) is 43.5. The number of nitriles is 1. The molecule has 8 aromatic rings. The Bertz CT molecular complexity index is 3130. The molecule has 4 heterocycles. The van der Waals surface area contributed by atoms with Crippen molar-refractivity contribution in [3.05, 3.63) is 118 Å². The number of carbonyl (C=O) groups is 2. The lowest BCUT2D eigenvalue weighted by molar-refractivity contribution is 0.0942.